The highest BCUT2D eigenvalue weighted by Crippen LogP contribution is 2.20. The van der Waals surface area contributed by atoms with Gasteiger partial charge in [-0.2, -0.15) is 0 Å². The molecule has 2 aromatic rings. The van der Waals surface area contributed by atoms with E-state index in [2.05, 4.69) is 15.2 Å². The van der Waals surface area contributed by atoms with Crippen LogP contribution in [0.5, 0.6) is 0 Å². The van der Waals surface area contributed by atoms with Crippen LogP contribution in [-0.4, -0.2) is 37.6 Å². The van der Waals surface area contributed by atoms with E-state index in [1.165, 1.54) is 0 Å². The minimum Gasteiger partial charge on any atom is -0.331 e. The fourth-order valence-corrected chi connectivity index (χ4v) is 2.62. The first-order valence-corrected chi connectivity index (χ1v) is 7.28. The number of aryl methyl sites for hydroxylation is 1. The molecular formula is C15H19N5O. The molecule has 3 heterocycles. The molecule has 0 fully saturated rings. The summed E-state index contributed by atoms with van der Waals surface area (Å²) >= 11 is 0. The molecule has 6 heteroatoms. The Balaban J connectivity index is 1.83. The fraction of sp³-hybridized carbons (Fsp3) is 0.467. The molecular weight excluding hydrogens is 266 g/mol. The minimum atomic E-state index is -0.103. The zero-order chi connectivity index (χ0) is 14.8. The second-order valence-corrected chi connectivity index (χ2v) is 5.40. The first-order valence-electron chi connectivity index (χ1n) is 7.28. The fourth-order valence-electron chi connectivity index (χ4n) is 2.62. The summed E-state index contributed by atoms with van der Waals surface area (Å²) in [5.41, 5.74) is 0.867. The van der Waals surface area contributed by atoms with E-state index in [9.17, 15) is 4.79 Å². The third kappa shape index (κ3) is 2.53. The van der Waals surface area contributed by atoms with Gasteiger partial charge in [0.15, 0.2) is 0 Å². The summed E-state index contributed by atoms with van der Waals surface area (Å²) in [7, 11) is 1.78. The first-order chi connectivity index (χ1) is 10.2. The third-order valence-corrected chi connectivity index (χ3v) is 4.07. The van der Waals surface area contributed by atoms with Gasteiger partial charge in [-0.05, 0) is 31.9 Å². The van der Waals surface area contributed by atoms with E-state index in [4.69, 9.17) is 0 Å². The maximum atomic E-state index is 12.7. The summed E-state index contributed by atoms with van der Waals surface area (Å²) in [5.74, 6) is 1.26. The molecule has 1 amide bonds. The molecule has 0 saturated carbocycles. The Hall–Kier alpha value is -2.24. The van der Waals surface area contributed by atoms with Crippen molar-refractivity contribution < 1.29 is 4.79 Å². The maximum Gasteiger partial charge on any atom is 0.292 e. The van der Waals surface area contributed by atoms with E-state index in [0.717, 1.165) is 37.3 Å². The van der Waals surface area contributed by atoms with Crippen molar-refractivity contribution in [3.05, 3.63) is 41.7 Å². The number of pyridine rings is 1. The zero-order valence-electron chi connectivity index (χ0n) is 12.4. The van der Waals surface area contributed by atoms with E-state index in [1.54, 1.807) is 18.1 Å². The lowest BCUT2D eigenvalue weighted by Gasteiger charge is -2.24. The van der Waals surface area contributed by atoms with Gasteiger partial charge in [0.25, 0.3) is 5.91 Å². The van der Waals surface area contributed by atoms with Crippen LogP contribution in [0.4, 0.5) is 0 Å². The molecule has 6 nitrogen and oxygen atoms in total. The van der Waals surface area contributed by atoms with Crippen molar-refractivity contribution in [2.45, 2.75) is 38.8 Å². The molecule has 1 unspecified atom stereocenters. The van der Waals surface area contributed by atoms with E-state index in [1.807, 2.05) is 29.7 Å². The van der Waals surface area contributed by atoms with Gasteiger partial charge >= 0.3 is 0 Å². The van der Waals surface area contributed by atoms with Crippen LogP contribution in [0, 0.1) is 0 Å². The van der Waals surface area contributed by atoms with Gasteiger partial charge in [-0.15, -0.1) is 10.2 Å². The number of carbonyl (C=O) groups is 1. The predicted octanol–water partition coefficient (Wildman–Crippen LogP) is 1.84. The Morgan fingerprint density at radius 2 is 2.19 bits per heavy atom. The van der Waals surface area contributed by atoms with Crippen LogP contribution in [0.15, 0.2) is 24.4 Å². The Bertz CT molecular complexity index is 637. The quantitative estimate of drug-likeness (QED) is 0.863. The van der Waals surface area contributed by atoms with Gasteiger partial charge in [0, 0.05) is 26.2 Å². The Labute approximate surface area is 123 Å². The second-order valence-electron chi connectivity index (χ2n) is 5.40. The highest BCUT2D eigenvalue weighted by Gasteiger charge is 2.26. The SMILES string of the molecule is CC(c1ccccn1)N(C)C(=O)c1nnc2n1CCCC2. The number of amides is 1. The minimum absolute atomic E-state index is 0.102. The van der Waals surface area contributed by atoms with Gasteiger partial charge in [-0.3, -0.25) is 9.78 Å². The molecule has 1 aliphatic rings. The van der Waals surface area contributed by atoms with Gasteiger partial charge in [0.2, 0.25) is 5.82 Å². The van der Waals surface area contributed by atoms with Crippen LogP contribution >= 0.6 is 0 Å². The molecule has 0 saturated heterocycles. The number of carbonyl (C=O) groups excluding carboxylic acids is 1. The largest absolute Gasteiger partial charge is 0.331 e. The number of nitrogens with zero attached hydrogens (tertiary/aromatic N) is 5. The molecule has 2 aromatic heterocycles. The standard InChI is InChI=1S/C15H19N5O/c1-11(12-7-3-5-9-16-12)19(2)15(21)14-18-17-13-8-4-6-10-20(13)14/h3,5,7,9,11H,4,6,8,10H2,1-2H3. The van der Waals surface area contributed by atoms with Crippen molar-refractivity contribution in [3.63, 3.8) is 0 Å². The molecule has 3 rings (SSSR count). The summed E-state index contributed by atoms with van der Waals surface area (Å²) in [6.07, 6.45) is 4.83. The molecule has 1 atom stereocenters. The summed E-state index contributed by atoms with van der Waals surface area (Å²) in [6, 6.07) is 5.62. The Morgan fingerprint density at radius 1 is 1.33 bits per heavy atom. The molecule has 0 aromatic carbocycles. The molecule has 0 N–H and O–H groups in total. The van der Waals surface area contributed by atoms with Crippen molar-refractivity contribution in [2.24, 2.45) is 0 Å². The molecule has 0 bridgehead atoms. The second kappa shape index (κ2) is 5.63. The van der Waals surface area contributed by atoms with E-state index < -0.39 is 0 Å². The maximum absolute atomic E-state index is 12.7. The number of fused-ring (bicyclic) bond motifs is 1. The summed E-state index contributed by atoms with van der Waals surface area (Å²) < 4.78 is 1.95. The molecule has 1 aliphatic heterocycles. The van der Waals surface area contributed by atoms with Crippen LogP contribution in [0.2, 0.25) is 0 Å². The van der Waals surface area contributed by atoms with Crippen molar-refractivity contribution in [3.8, 4) is 0 Å². The zero-order valence-corrected chi connectivity index (χ0v) is 12.4. The number of rotatable bonds is 3. The van der Waals surface area contributed by atoms with Crippen LogP contribution in [0.25, 0.3) is 0 Å². The Kier molecular flexibility index (Phi) is 3.68. The van der Waals surface area contributed by atoms with Crippen molar-refractivity contribution in [1.29, 1.82) is 0 Å². The summed E-state index contributed by atoms with van der Waals surface area (Å²) in [6.45, 7) is 2.79. The normalized spacial score (nSPS) is 15.3. The summed E-state index contributed by atoms with van der Waals surface area (Å²) in [4.78, 5) is 18.7. The Morgan fingerprint density at radius 3 is 2.95 bits per heavy atom. The van der Waals surface area contributed by atoms with Gasteiger partial charge in [0.1, 0.15) is 5.82 Å². The highest BCUT2D eigenvalue weighted by molar-refractivity contribution is 5.90. The van der Waals surface area contributed by atoms with Crippen LogP contribution in [0.3, 0.4) is 0 Å². The third-order valence-electron chi connectivity index (χ3n) is 4.07. The number of hydrogen-bond donors (Lipinski definition) is 0. The average Bonchev–Trinajstić information content (AvgIpc) is 2.97. The predicted molar refractivity (Wildman–Crippen MR) is 77.7 cm³/mol. The lowest BCUT2D eigenvalue weighted by molar-refractivity contribution is 0.0720. The molecule has 110 valence electrons. The van der Waals surface area contributed by atoms with Gasteiger partial charge in [-0.25, -0.2) is 0 Å². The van der Waals surface area contributed by atoms with Crippen LogP contribution in [-0.2, 0) is 13.0 Å². The average molecular weight is 285 g/mol. The van der Waals surface area contributed by atoms with Crippen LogP contribution in [0.1, 0.15) is 47.9 Å². The number of hydrogen-bond acceptors (Lipinski definition) is 4. The topological polar surface area (TPSA) is 63.9 Å². The van der Waals surface area contributed by atoms with Crippen molar-refractivity contribution in [2.75, 3.05) is 7.05 Å². The van der Waals surface area contributed by atoms with E-state index in [-0.39, 0.29) is 11.9 Å². The van der Waals surface area contributed by atoms with E-state index in [0.29, 0.717) is 5.82 Å². The molecule has 0 spiro atoms. The number of aromatic nitrogens is 4. The lowest BCUT2D eigenvalue weighted by Crippen LogP contribution is -2.33. The van der Waals surface area contributed by atoms with Gasteiger partial charge in [-0.1, -0.05) is 6.07 Å². The van der Waals surface area contributed by atoms with Gasteiger partial charge < -0.3 is 9.47 Å². The lowest BCUT2D eigenvalue weighted by atomic mass is 10.1. The molecule has 21 heavy (non-hydrogen) atoms. The van der Waals surface area contributed by atoms with Crippen molar-refractivity contribution in [1.82, 2.24) is 24.6 Å². The van der Waals surface area contributed by atoms with Gasteiger partial charge in [0.05, 0.1) is 11.7 Å². The monoisotopic (exact) mass is 285 g/mol. The summed E-state index contributed by atoms with van der Waals surface area (Å²) in [5, 5.41) is 8.24. The smallest absolute Gasteiger partial charge is 0.292 e. The first kappa shape index (κ1) is 13.7. The van der Waals surface area contributed by atoms with Crippen molar-refractivity contribution >= 4 is 5.91 Å². The molecule has 0 aliphatic carbocycles. The molecule has 0 radical (unpaired) electrons. The highest BCUT2D eigenvalue weighted by atomic mass is 16.2. The van der Waals surface area contributed by atoms with E-state index >= 15 is 0 Å². The van der Waals surface area contributed by atoms with Crippen LogP contribution < -0.4 is 0 Å².